The zero-order valence-corrected chi connectivity index (χ0v) is 11.0. The van der Waals surface area contributed by atoms with Crippen LogP contribution < -0.4 is 0 Å². The molecule has 0 atom stereocenters. The summed E-state index contributed by atoms with van der Waals surface area (Å²) in [5, 5.41) is 4.36. The van der Waals surface area contributed by atoms with E-state index in [1.165, 1.54) is 0 Å². The third kappa shape index (κ3) is 2.10. The highest BCUT2D eigenvalue weighted by molar-refractivity contribution is 6.15. The fraction of sp³-hybridized carbons (Fsp3) is 0.111. The molecular weight excluding hydrogens is 248 g/mol. The van der Waals surface area contributed by atoms with E-state index in [9.17, 15) is 9.59 Å². The second-order valence-electron chi connectivity index (χ2n) is 4.82. The van der Waals surface area contributed by atoms with Gasteiger partial charge in [0.15, 0.2) is 5.78 Å². The summed E-state index contributed by atoms with van der Waals surface area (Å²) in [5.74, 6) is 0.0259. The van der Waals surface area contributed by atoms with Gasteiger partial charge in [0.05, 0.1) is 0 Å². The van der Waals surface area contributed by atoms with Gasteiger partial charge in [0.2, 0.25) is 0 Å². The highest BCUT2D eigenvalue weighted by Gasteiger charge is 2.10. The van der Waals surface area contributed by atoms with E-state index in [-0.39, 0.29) is 18.6 Å². The molecule has 0 saturated heterocycles. The average Bonchev–Trinajstić information content (AvgIpc) is 2.51. The maximum atomic E-state index is 12.2. The standard InChI is InChI=1S/C18H14O2/c19-12-4-9-18(20)17-8-3-7-15-14-6-2-1-5-13(14)10-11-16(15)17/h1-3,5-8,10-12H,4,9H2. The molecule has 2 nitrogen and oxygen atoms in total. The van der Waals surface area contributed by atoms with Crippen molar-refractivity contribution in [2.45, 2.75) is 12.8 Å². The highest BCUT2D eigenvalue weighted by atomic mass is 16.1. The van der Waals surface area contributed by atoms with Gasteiger partial charge in [-0.1, -0.05) is 54.6 Å². The highest BCUT2D eigenvalue weighted by Crippen LogP contribution is 2.28. The van der Waals surface area contributed by atoms with Crippen molar-refractivity contribution in [2.75, 3.05) is 0 Å². The van der Waals surface area contributed by atoms with E-state index in [1.54, 1.807) is 0 Å². The molecule has 0 bridgehead atoms. The van der Waals surface area contributed by atoms with Crippen LogP contribution in [-0.4, -0.2) is 12.1 Å². The predicted molar refractivity (Wildman–Crippen MR) is 81.1 cm³/mol. The Morgan fingerprint density at radius 1 is 0.850 bits per heavy atom. The Morgan fingerprint density at radius 2 is 1.65 bits per heavy atom. The Balaban J connectivity index is 2.22. The average molecular weight is 262 g/mol. The zero-order chi connectivity index (χ0) is 13.9. The van der Waals surface area contributed by atoms with Crippen molar-refractivity contribution in [1.29, 1.82) is 0 Å². The summed E-state index contributed by atoms with van der Waals surface area (Å²) in [6.07, 6.45) is 1.34. The molecule has 0 spiro atoms. The van der Waals surface area contributed by atoms with Crippen LogP contribution in [0, 0.1) is 0 Å². The molecular formula is C18H14O2. The van der Waals surface area contributed by atoms with Gasteiger partial charge in [-0.15, -0.1) is 0 Å². The third-order valence-electron chi connectivity index (χ3n) is 3.58. The molecule has 0 aliphatic carbocycles. The number of rotatable bonds is 4. The minimum Gasteiger partial charge on any atom is -0.303 e. The van der Waals surface area contributed by atoms with Gasteiger partial charge in [0, 0.05) is 18.4 Å². The molecule has 2 heteroatoms. The van der Waals surface area contributed by atoms with Crippen LogP contribution >= 0.6 is 0 Å². The minimum atomic E-state index is 0.0259. The first-order valence-electron chi connectivity index (χ1n) is 6.68. The number of benzene rings is 3. The van der Waals surface area contributed by atoms with E-state index in [0.717, 1.165) is 27.8 Å². The number of carbonyl (C=O) groups excluding carboxylic acids is 2. The number of Topliss-reactive ketones (excluding diaryl/α,β-unsaturated/α-hetero) is 1. The Kier molecular flexibility index (Phi) is 3.30. The lowest BCUT2D eigenvalue weighted by Crippen LogP contribution is -2.00. The molecule has 3 aromatic rings. The van der Waals surface area contributed by atoms with Crippen molar-refractivity contribution in [1.82, 2.24) is 0 Å². The Labute approximate surface area is 117 Å². The van der Waals surface area contributed by atoms with Gasteiger partial charge >= 0.3 is 0 Å². The first-order valence-corrected chi connectivity index (χ1v) is 6.68. The quantitative estimate of drug-likeness (QED) is 0.402. The summed E-state index contributed by atoms with van der Waals surface area (Å²) in [4.78, 5) is 22.6. The van der Waals surface area contributed by atoms with Gasteiger partial charge in [-0.3, -0.25) is 4.79 Å². The van der Waals surface area contributed by atoms with Crippen LogP contribution in [0.5, 0.6) is 0 Å². The van der Waals surface area contributed by atoms with Crippen molar-refractivity contribution in [3.05, 3.63) is 60.2 Å². The fourth-order valence-corrected chi connectivity index (χ4v) is 2.61. The van der Waals surface area contributed by atoms with Crippen LogP contribution in [0.4, 0.5) is 0 Å². The van der Waals surface area contributed by atoms with E-state index in [2.05, 4.69) is 12.1 Å². The summed E-state index contributed by atoms with van der Waals surface area (Å²) >= 11 is 0. The maximum absolute atomic E-state index is 12.2. The molecule has 0 unspecified atom stereocenters. The molecule has 3 rings (SSSR count). The number of hydrogen-bond acceptors (Lipinski definition) is 2. The molecule has 0 amide bonds. The maximum Gasteiger partial charge on any atom is 0.163 e. The molecule has 0 saturated carbocycles. The van der Waals surface area contributed by atoms with E-state index in [0.29, 0.717) is 5.56 Å². The van der Waals surface area contributed by atoms with E-state index in [1.807, 2.05) is 42.5 Å². The van der Waals surface area contributed by atoms with Crippen LogP contribution in [-0.2, 0) is 4.79 Å². The second-order valence-corrected chi connectivity index (χ2v) is 4.82. The topological polar surface area (TPSA) is 34.1 Å². The van der Waals surface area contributed by atoms with E-state index >= 15 is 0 Å². The smallest absolute Gasteiger partial charge is 0.163 e. The lowest BCUT2D eigenvalue weighted by molar-refractivity contribution is -0.107. The third-order valence-corrected chi connectivity index (χ3v) is 3.58. The van der Waals surface area contributed by atoms with Gasteiger partial charge in [-0.05, 0) is 21.5 Å². The molecule has 0 heterocycles. The number of ketones is 1. The molecule has 0 aliphatic rings. The molecule has 0 aliphatic heterocycles. The van der Waals surface area contributed by atoms with Crippen LogP contribution in [0.3, 0.4) is 0 Å². The number of fused-ring (bicyclic) bond motifs is 3. The zero-order valence-electron chi connectivity index (χ0n) is 11.0. The normalized spacial score (nSPS) is 10.8. The van der Waals surface area contributed by atoms with Gasteiger partial charge in [0.25, 0.3) is 0 Å². The van der Waals surface area contributed by atoms with Crippen molar-refractivity contribution >= 4 is 33.6 Å². The molecule has 98 valence electrons. The second kappa shape index (κ2) is 5.25. The molecule has 20 heavy (non-hydrogen) atoms. The van der Waals surface area contributed by atoms with Crippen molar-refractivity contribution in [2.24, 2.45) is 0 Å². The number of aldehydes is 1. The Morgan fingerprint density at radius 3 is 2.50 bits per heavy atom. The van der Waals surface area contributed by atoms with Crippen LogP contribution in [0.15, 0.2) is 54.6 Å². The number of hydrogen-bond donors (Lipinski definition) is 0. The molecule has 3 aromatic carbocycles. The van der Waals surface area contributed by atoms with Gasteiger partial charge in [0.1, 0.15) is 6.29 Å². The van der Waals surface area contributed by atoms with E-state index in [4.69, 9.17) is 0 Å². The minimum absolute atomic E-state index is 0.0259. The van der Waals surface area contributed by atoms with Crippen molar-refractivity contribution in [3.63, 3.8) is 0 Å². The first kappa shape index (κ1) is 12.5. The molecule has 0 fully saturated rings. The van der Waals surface area contributed by atoms with Gasteiger partial charge < -0.3 is 4.79 Å². The lowest BCUT2D eigenvalue weighted by atomic mass is 9.95. The van der Waals surface area contributed by atoms with Gasteiger partial charge in [-0.2, -0.15) is 0 Å². The van der Waals surface area contributed by atoms with Crippen LogP contribution in [0.1, 0.15) is 23.2 Å². The molecule has 0 aromatic heterocycles. The number of carbonyl (C=O) groups is 2. The lowest BCUT2D eigenvalue weighted by Gasteiger charge is -2.08. The fourth-order valence-electron chi connectivity index (χ4n) is 2.61. The largest absolute Gasteiger partial charge is 0.303 e. The summed E-state index contributed by atoms with van der Waals surface area (Å²) in [5.41, 5.74) is 0.704. The SMILES string of the molecule is O=CCCC(=O)c1cccc2c1ccc1ccccc12. The van der Waals surface area contributed by atoms with Crippen molar-refractivity contribution < 1.29 is 9.59 Å². The van der Waals surface area contributed by atoms with E-state index < -0.39 is 0 Å². The summed E-state index contributed by atoms with van der Waals surface area (Å²) < 4.78 is 0. The summed E-state index contributed by atoms with van der Waals surface area (Å²) in [6.45, 7) is 0. The van der Waals surface area contributed by atoms with Gasteiger partial charge in [-0.25, -0.2) is 0 Å². The monoisotopic (exact) mass is 262 g/mol. The summed E-state index contributed by atoms with van der Waals surface area (Å²) in [6, 6.07) is 17.9. The molecule has 0 N–H and O–H groups in total. The molecule has 0 radical (unpaired) electrons. The van der Waals surface area contributed by atoms with Crippen LogP contribution in [0.2, 0.25) is 0 Å². The predicted octanol–water partition coefficient (Wildman–Crippen LogP) is 4.15. The first-order chi connectivity index (χ1) is 9.81. The summed E-state index contributed by atoms with van der Waals surface area (Å²) in [7, 11) is 0. The Hall–Kier alpha value is -2.48. The van der Waals surface area contributed by atoms with Crippen LogP contribution in [0.25, 0.3) is 21.5 Å². The van der Waals surface area contributed by atoms with Crippen molar-refractivity contribution in [3.8, 4) is 0 Å². The Bertz CT molecular complexity index is 803.